The number of carbonyl (C=O) groups is 2. The van der Waals surface area contributed by atoms with Crippen molar-refractivity contribution in [3.8, 4) is 0 Å². The molecule has 0 spiro atoms. The highest BCUT2D eigenvalue weighted by Gasteiger charge is 2.33. The van der Waals surface area contributed by atoms with Crippen LogP contribution in [0.4, 0.5) is 35.2 Å². The Morgan fingerprint density at radius 3 is 2.41 bits per heavy atom. The molecule has 1 aromatic heterocycles. The quantitative estimate of drug-likeness (QED) is 0.525. The van der Waals surface area contributed by atoms with E-state index in [1.165, 1.54) is 0 Å². The number of rotatable bonds is 6. The highest BCUT2D eigenvalue weighted by Crippen LogP contribution is 2.34. The lowest BCUT2D eigenvalue weighted by Gasteiger charge is -2.32. The summed E-state index contributed by atoms with van der Waals surface area (Å²) in [6.45, 7) is 5.03. The monoisotopic (exact) mass is 498 g/mol. The molecule has 0 saturated carbocycles. The zero-order valence-corrected chi connectivity index (χ0v) is 19.5. The number of nitrogens with zero attached hydrogens (tertiary/aromatic N) is 2. The van der Waals surface area contributed by atoms with Crippen molar-refractivity contribution in [1.29, 1.82) is 0 Å². The second-order valence-corrected chi connectivity index (χ2v) is 8.88. The van der Waals surface area contributed by atoms with Crippen molar-refractivity contribution < 1.29 is 27.5 Å². The van der Waals surface area contributed by atoms with Gasteiger partial charge in [-0.2, -0.15) is 13.2 Å². The van der Waals surface area contributed by atoms with Crippen molar-refractivity contribution in [3.63, 3.8) is 0 Å². The number of aromatic nitrogens is 1. The molecule has 2 aromatic rings. The molecule has 0 aliphatic carbocycles. The Bertz CT molecular complexity index is 1020. The number of nitrogens with one attached hydrogen (secondary N) is 2. The summed E-state index contributed by atoms with van der Waals surface area (Å²) < 4.78 is 43.6. The molecule has 1 fully saturated rings. The Morgan fingerprint density at radius 2 is 1.82 bits per heavy atom. The molecule has 7 nitrogen and oxygen atoms in total. The maximum Gasteiger partial charge on any atom is 0.417 e. The molecule has 1 aliphatic rings. The van der Waals surface area contributed by atoms with E-state index in [9.17, 15) is 22.8 Å². The normalized spacial score (nSPS) is 14.7. The lowest BCUT2D eigenvalue weighted by atomic mass is 9.95. The van der Waals surface area contributed by atoms with Gasteiger partial charge in [0.1, 0.15) is 5.82 Å². The highest BCUT2D eigenvalue weighted by atomic mass is 35.5. The molecule has 0 bridgehead atoms. The van der Waals surface area contributed by atoms with Gasteiger partial charge in [0.25, 0.3) is 0 Å². The van der Waals surface area contributed by atoms with E-state index in [1.807, 2.05) is 13.8 Å². The summed E-state index contributed by atoms with van der Waals surface area (Å²) in [4.78, 5) is 30.2. The maximum absolute atomic E-state index is 12.8. The molecule has 3 rings (SSSR count). The Labute approximate surface area is 200 Å². The number of carbonyl (C=O) groups excluding carboxylic acids is 2. The van der Waals surface area contributed by atoms with E-state index in [-0.39, 0.29) is 28.6 Å². The second kappa shape index (κ2) is 10.9. The molecule has 2 heterocycles. The first-order chi connectivity index (χ1) is 16.0. The van der Waals surface area contributed by atoms with E-state index in [0.717, 1.165) is 12.3 Å². The molecule has 34 heavy (non-hydrogen) atoms. The van der Waals surface area contributed by atoms with E-state index < -0.39 is 17.8 Å². The molecule has 0 atom stereocenters. The van der Waals surface area contributed by atoms with Gasteiger partial charge in [-0.15, -0.1) is 0 Å². The number of hydrogen-bond acceptors (Lipinski definition) is 5. The van der Waals surface area contributed by atoms with Gasteiger partial charge in [0.05, 0.1) is 17.2 Å². The van der Waals surface area contributed by atoms with Crippen molar-refractivity contribution >= 4 is 40.8 Å². The number of piperidine rings is 1. The van der Waals surface area contributed by atoms with Gasteiger partial charge in [-0.3, -0.25) is 10.1 Å². The fourth-order valence-electron chi connectivity index (χ4n) is 3.49. The van der Waals surface area contributed by atoms with Crippen molar-refractivity contribution in [3.05, 3.63) is 47.1 Å². The van der Waals surface area contributed by atoms with E-state index >= 15 is 0 Å². The number of amides is 2. The lowest BCUT2D eigenvalue weighted by molar-refractivity contribution is -0.137. The Balaban J connectivity index is 1.54. The Kier molecular flexibility index (Phi) is 8.24. The largest absolute Gasteiger partial charge is 0.449 e. The van der Waals surface area contributed by atoms with Crippen LogP contribution >= 0.6 is 11.6 Å². The minimum absolute atomic E-state index is 0.0750. The van der Waals surface area contributed by atoms with Gasteiger partial charge in [0, 0.05) is 36.6 Å². The third kappa shape index (κ3) is 6.99. The zero-order valence-electron chi connectivity index (χ0n) is 18.8. The fraction of sp³-hybridized carbons (Fsp3) is 0.435. The van der Waals surface area contributed by atoms with E-state index in [0.29, 0.717) is 43.9 Å². The van der Waals surface area contributed by atoms with Gasteiger partial charge in [-0.05, 0) is 43.0 Å². The topological polar surface area (TPSA) is 83.6 Å². The molecular weight excluding hydrogens is 473 g/mol. The minimum Gasteiger partial charge on any atom is -0.449 e. The van der Waals surface area contributed by atoms with Crippen LogP contribution < -0.4 is 15.5 Å². The average molecular weight is 499 g/mol. The molecule has 2 amide bonds. The van der Waals surface area contributed by atoms with Crippen LogP contribution in [-0.4, -0.2) is 36.7 Å². The SMILES string of the molecule is CC(C)COC(=O)Nc1cccc(NC(=O)C2CCN(c3ncc(C(F)(F)F)cc3Cl)CC2)c1. The van der Waals surface area contributed by atoms with Crippen LogP contribution in [0.5, 0.6) is 0 Å². The minimum atomic E-state index is -4.51. The number of halogens is 4. The zero-order chi connectivity index (χ0) is 24.9. The first kappa shape index (κ1) is 25.6. The molecule has 0 radical (unpaired) electrons. The summed E-state index contributed by atoms with van der Waals surface area (Å²) >= 11 is 6.04. The van der Waals surface area contributed by atoms with Crippen LogP contribution in [0.1, 0.15) is 32.3 Å². The van der Waals surface area contributed by atoms with Gasteiger partial charge in [0.15, 0.2) is 0 Å². The summed E-state index contributed by atoms with van der Waals surface area (Å²) in [6, 6.07) is 7.60. The van der Waals surface area contributed by atoms with Crippen molar-refractivity contribution in [2.24, 2.45) is 11.8 Å². The van der Waals surface area contributed by atoms with Crippen LogP contribution in [-0.2, 0) is 15.7 Å². The van der Waals surface area contributed by atoms with Crippen LogP contribution in [0.3, 0.4) is 0 Å². The van der Waals surface area contributed by atoms with Crippen molar-refractivity contribution in [2.75, 3.05) is 35.2 Å². The van der Waals surface area contributed by atoms with Crippen LogP contribution in [0, 0.1) is 11.8 Å². The van der Waals surface area contributed by atoms with E-state index in [4.69, 9.17) is 16.3 Å². The second-order valence-electron chi connectivity index (χ2n) is 8.48. The number of anilines is 3. The first-order valence-electron chi connectivity index (χ1n) is 10.9. The third-order valence-corrected chi connectivity index (χ3v) is 5.52. The van der Waals surface area contributed by atoms with Crippen LogP contribution in [0.15, 0.2) is 36.5 Å². The number of ether oxygens (including phenoxy) is 1. The molecule has 0 unspecified atom stereocenters. The van der Waals surface area contributed by atoms with Crippen LogP contribution in [0.25, 0.3) is 0 Å². The summed E-state index contributed by atoms with van der Waals surface area (Å²) in [5.74, 6) is 0.0354. The standard InChI is InChI=1S/C23H26ClF3N4O3/c1-14(2)13-34-22(33)30-18-5-3-4-17(11-18)29-21(32)15-6-8-31(9-7-15)20-19(24)10-16(12-28-20)23(25,26)27/h3-5,10-12,14-15H,6-9,13H2,1-2H3,(H,29,32)(H,30,33). The molecule has 11 heteroatoms. The summed E-state index contributed by atoms with van der Waals surface area (Å²) in [6.07, 6.45) is -3.34. The fourth-order valence-corrected chi connectivity index (χ4v) is 3.77. The molecule has 2 N–H and O–H groups in total. The van der Waals surface area contributed by atoms with Gasteiger partial charge >= 0.3 is 12.3 Å². The Morgan fingerprint density at radius 1 is 1.18 bits per heavy atom. The first-order valence-corrected chi connectivity index (χ1v) is 11.2. The number of pyridine rings is 1. The van der Waals surface area contributed by atoms with Gasteiger partial charge < -0.3 is 15.0 Å². The third-order valence-electron chi connectivity index (χ3n) is 5.24. The van der Waals surface area contributed by atoms with E-state index in [2.05, 4.69) is 15.6 Å². The summed E-state index contributed by atoms with van der Waals surface area (Å²) in [5, 5.41) is 5.40. The average Bonchev–Trinajstić information content (AvgIpc) is 2.77. The molecule has 1 aromatic carbocycles. The van der Waals surface area contributed by atoms with Gasteiger partial charge in [0.2, 0.25) is 5.91 Å². The maximum atomic E-state index is 12.8. The predicted molar refractivity (Wildman–Crippen MR) is 124 cm³/mol. The molecule has 1 aliphatic heterocycles. The van der Waals surface area contributed by atoms with Gasteiger partial charge in [-0.1, -0.05) is 31.5 Å². The van der Waals surface area contributed by atoms with Gasteiger partial charge in [-0.25, -0.2) is 9.78 Å². The lowest BCUT2D eigenvalue weighted by Crippen LogP contribution is -2.38. The number of benzene rings is 1. The van der Waals surface area contributed by atoms with Crippen molar-refractivity contribution in [2.45, 2.75) is 32.9 Å². The highest BCUT2D eigenvalue weighted by molar-refractivity contribution is 6.33. The number of alkyl halides is 3. The molecular formula is C23H26ClF3N4O3. The predicted octanol–water partition coefficient (Wildman–Crippen LogP) is 5.81. The molecule has 1 saturated heterocycles. The summed E-state index contributed by atoms with van der Waals surface area (Å²) in [5.41, 5.74) is 0.117. The van der Waals surface area contributed by atoms with Crippen molar-refractivity contribution in [1.82, 2.24) is 4.98 Å². The smallest absolute Gasteiger partial charge is 0.417 e. The summed E-state index contributed by atoms with van der Waals surface area (Å²) in [7, 11) is 0. The van der Waals surface area contributed by atoms with Crippen LogP contribution in [0.2, 0.25) is 5.02 Å². The Hall–Kier alpha value is -3.01. The van der Waals surface area contributed by atoms with E-state index in [1.54, 1.807) is 29.2 Å². The molecule has 184 valence electrons. The number of hydrogen-bond donors (Lipinski definition) is 2.